The van der Waals surface area contributed by atoms with Crippen LogP contribution in [0.2, 0.25) is 0 Å². The molecule has 0 aliphatic carbocycles. The molecule has 196 valence electrons. The predicted molar refractivity (Wildman–Crippen MR) is 141 cm³/mol. The lowest BCUT2D eigenvalue weighted by Gasteiger charge is -2.40. The summed E-state index contributed by atoms with van der Waals surface area (Å²) in [4.78, 5) is 15.6. The molecule has 1 atom stereocenters. The van der Waals surface area contributed by atoms with Gasteiger partial charge in [-0.2, -0.15) is 0 Å². The Hall–Kier alpha value is -4.46. The van der Waals surface area contributed by atoms with Crippen LogP contribution in [0.1, 0.15) is 39.9 Å². The van der Waals surface area contributed by atoms with E-state index >= 15 is 13.2 Å². The number of rotatable bonds is 3. The van der Waals surface area contributed by atoms with Crippen molar-refractivity contribution in [3.05, 3.63) is 113 Å². The molecular formula is C31H23F3N2O3. The average Bonchev–Trinajstić information content (AvgIpc) is 3.57. The van der Waals surface area contributed by atoms with Gasteiger partial charge in [-0.05, 0) is 55.3 Å². The lowest BCUT2D eigenvalue weighted by molar-refractivity contribution is -0.121. The standard InChI is InChI=1S/C31H23F3N2O3/c32-31(33,34)36(21-10-7-9-20(19-21)35-17-5-6-18-35)25-14-8-16-27-28(25)30(24-13-3-4-15-26(24)38-27)23-12-2-1-11-22(23)29(37)39-30/h1-4,7-16,19H,5-6,17-18H2. The molecule has 0 aromatic heterocycles. The van der Waals surface area contributed by atoms with E-state index in [0.717, 1.165) is 31.6 Å². The van der Waals surface area contributed by atoms with Crippen LogP contribution in [0, 0.1) is 0 Å². The summed E-state index contributed by atoms with van der Waals surface area (Å²) in [6, 6.07) is 24.9. The molecule has 0 amide bonds. The van der Waals surface area contributed by atoms with Crippen LogP contribution in [0.3, 0.4) is 0 Å². The average molecular weight is 529 g/mol. The van der Waals surface area contributed by atoms with Crippen molar-refractivity contribution in [2.75, 3.05) is 22.9 Å². The molecule has 1 saturated heterocycles. The minimum Gasteiger partial charge on any atom is -0.456 e. The number of alkyl halides is 3. The van der Waals surface area contributed by atoms with Crippen LogP contribution in [-0.2, 0) is 10.3 Å². The third kappa shape index (κ3) is 3.51. The third-order valence-electron chi connectivity index (χ3n) is 7.67. The van der Waals surface area contributed by atoms with E-state index in [9.17, 15) is 4.79 Å². The SMILES string of the molecule is O=C1OC2(c3ccccc3Oc3cccc(N(c4cccc(N5CCCC5)c4)C(F)(F)F)c32)c2ccccc21. The van der Waals surface area contributed by atoms with E-state index in [0.29, 0.717) is 27.3 Å². The monoisotopic (exact) mass is 528 g/mol. The molecule has 0 saturated carbocycles. The lowest BCUT2D eigenvalue weighted by atomic mass is 9.76. The smallest absolute Gasteiger partial charge is 0.456 e. The van der Waals surface area contributed by atoms with Gasteiger partial charge in [-0.25, -0.2) is 4.79 Å². The van der Waals surface area contributed by atoms with Crippen molar-refractivity contribution in [3.8, 4) is 11.5 Å². The Balaban J connectivity index is 1.50. The molecule has 1 fully saturated rings. The number of carbonyl (C=O) groups excluding carboxylic acids is 1. The van der Waals surface area contributed by atoms with Gasteiger partial charge >= 0.3 is 12.3 Å². The maximum Gasteiger partial charge on any atom is 0.489 e. The summed E-state index contributed by atoms with van der Waals surface area (Å²) >= 11 is 0. The highest BCUT2D eigenvalue weighted by Gasteiger charge is 2.56. The molecule has 3 aliphatic heterocycles. The minimum absolute atomic E-state index is 0.0353. The van der Waals surface area contributed by atoms with Crippen molar-refractivity contribution in [2.45, 2.75) is 24.7 Å². The van der Waals surface area contributed by atoms with Gasteiger partial charge in [0.1, 0.15) is 11.5 Å². The van der Waals surface area contributed by atoms with Gasteiger partial charge in [-0.3, -0.25) is 4.90 Å². The Morgan fingerprint density at radius 2 is 1.49 bits per heavy atom. The van der Waals surface area contributed by atoms with Crippen LogP contribution >= 0.6 is 0 Å². The van der Waals surface area contributed by atoms with Crippen molar-refractivity contribution >= 4 is 23.0 Å². The molecule has 8 heteroatoms. The van der Waals surface area contributed by atoms with E-state index in [4.69, 9.17) is 9.47 Å². The largest absolute Gasteiger partial charge is 0.489 e. The van der Waals surface area contributed by atoms with E-state index in [1.54, 1.807) is 66.7 Å². The number of hydrogen-bond acceptors (Lipinski definition) is 5. The van der Waals surface area contributed by atoms with E-state index in [2.05, 4.69) is 4.90 Å². The molecule has 39 heavy (non-hydrogen) atoms. The Labute approximate surface area is 223 Å². The van der Waals surface area contributed by atoms with Crippen LogP contribution in [0.5, 0.6) is 11.5 Å². The maximum absolute atomic E-state index is 15.1. The fourth-order valence-corrected chi connectivity index (χ4v) is 6.07. The predicted octanol–water partition coefficient (Wildman–Crippen LogP) is 7.51. The minimum atomic E-state index is -4.79. The summed E-state index contributed by atoms with van der Waals surface area (Å²) in [5, 5.41) is 0. The van der Waals surface area contributed by atoms with Crippen molar-refractivity contribution < 1.29 is 27.4 Å². The number of hydrogen-bond donors (Lipinski definition) is 0. The topological polar surface area (TPSA) is 42.0 Å². The first kappa shape index (κ1) is 23.6. The number of ether oxygens (including phenoxy) is 2. The second-order valence-corrected chi connectivity index (χ2v) is 9.88. The summed E-state index contributed by atoms with van der Waals surface area (Å²) in [5.41, 5.74) is 0.298. The molecule has 1 spiro atoms. The fourth-order valence-electron chi connectivity index (χ4n) is 6.07. The Kier molecular flexibility index (Phi) is 5.17. The summed E-state index contributed by atoms with van der Waals surface area (Å²) in [7, 11) is 0. The van der Waals surface area contributed by atoms with Crippen LogP contribution < -0.4 is 14.5 Å². The zero-order chi connectivity index (χ0) is 26.8. The summed E-state index contributed by atoms with van der Waals surface area (Å²) in [5.74, 6) is 0.0135. The van der Waals surface area contributed by atoms with Gasteiger partial charge in [0.25, 0.3) is 0 Å². The van der Waals surface area contributed by atoms with Gasteiger partial charge in [0.15, 0.2) is 5.60 Å². The molecule has 0 N–H and O–H groups in total. The third-order valence-corrected chi connectivity index (χ3v) is 7.67. The number of nitrogens with zero attached hydrogens (tertiary/aromatic N) is 2. The molecular weight excluding hydrogens is 505 g/mol. The van der Waals surface area contributed by atoms with Gasteiger partial charge in [-0.1, -0.05) is 48.5 Å². The number of fused-ring (bicyclic) bond motifs is 6. The van der Waals surface area contributed by atoms with Crippen LogP contribution in [-0.4, -0.2) is 25.4 Å². The molecule has 7 rings (SSSR count). The van der Waals surface area contributed by atoms with E-state index in [1.807, 2.05) is 6.07 Å². The maximum atomic E-state index is 15.1. The number of carbonyl (C=O) groups is 1. The highest BCUT2D eigenvalue weighted by Crippen LogP contribution is 2.59. The van der Waals surface area contributed by atoms with E-state index < -0.39 is 17.9 Å². The molecule has 1 unspecified atom stereocenters. The zero-order valence-electron chi connectivity index (χ0n) is 20.7. The summed E-state index contributed by atoms with van der Waals surface area (Å²) < 4.78 is 57.5. The quantitative estimate of drug-likeness (QED) is 0.203. The number of anilines is 3. The molecule has 5 nitrogen and oxygen atoms in total. The van der Waals surface area contributed by atoms with Crippen LogP contribution in [0.25, 0.3) is 0 Å². The van der Waals surface area contributed by atoms with Crippen molar-refractivity contribution in [1.82, 2.24) is 0 Å². The second kappa shape index (κ2) is 8.53. The number of benzene rings is 4. The van der Waals surface area contributed by atoms with Crippen molar-refractivity contribution in [3.63, 3.8) is 0 Å². The number of para-hydroxylation sites is 1. The molecule has 0 radical (unpaired) electrons. The molecule has 4 aromatic rings. The lowest BCUT2D eigenvalue weighted by Crippen LogP contribution is -2.39. The highest BCUT2D eigenvalue weighted by molar-refractivity contribution is 5.97. The van der Waals surface area contributed by atoms with Crippen molar-refractivity contribution in [1.29, 1.82) is 0 Å². The first-order chi connectivity index (χ1) is 18.9. The molecule has 3 aliphatic rings. The van der Waals surface area contributed by atoms with Crippen LogP contribution in [0.15, 0.2) is 91.0 Å². The normalized spacial score (nSPS) is 19.3. The highest BCUT2D eigenvalue weighted by atomic mass is 19.4. The van der Waals surface area contributed by atoms with E-state index in [-0.39, 0.29) is 22.7 Å². The molecule has 4 aromatic carbocycles. The fraction of sp³-hybridized carbons (Fsp3) is 0.194. The summed E-state index contributed by atoms with van der Waals surface area (Å²) in [6.45, 7) is 1.60. The van der Waals surface area contributed by atoms with Gasteiger partial charge in [0.05, 0.1) is 22.5 Å². The van der Waals surface area contributed by atoms with Gasteiger partial charge in [0.2, 0.25) is 0 Å². The second-order valence-electron chi connectivity index (χ2n) is 9.88. The summed E-state index contributed by atoms with van der Waals surface area (Å²) in [6.07, 6.45) is -2.79. The van der Waals surface area contributed by atoms with Gasteiger partial charge < -0.3 is 14.4 Å². The molecule has 3 heterocycles. The Morgan fingerprint density at radius 1 is 0.795 bits per heavy atom. The zero-order valence-corrected chi connectivity index (χ0v) is 20.7. The van der Waals surface area contributed by atoms with Crippen LogP contribution in [0.4, 0.5) is 30.2 Å². The van der Waals surface area contributed by atoms with Gasteiger partial charge in [0, 0.05) is 29.9 Å². The number of esters is 1. The van der Waals surface area contributed by atoms with Crippen molar-refractivity contribution in [2.24, 2.45) is 0 Å². The first-order valence-corrected chi connectivity index (χ1v) is 12.8. The Morgan fingerprint density at radius 3 is 2.28 bits per heavy atom. The first-order valence-electron chi connectivity index (χ1n) is 12.8. The molecule has 0 bridgehead atoms. The Bertz CT molecular complexity index is 1610. The number of halogens is 3. The van der Waals surface area contributed by atoms with Gasteiger partial charge in [-0.15, -0.1) is 13.2 Å². The van der Waals surface area contributed by atoms with E-state index in [1.165, 1.54) is 18.2 Å².